The molecule has 0 radical (unpaired) electrons. The Labute approximate surface area is 104 Å². The van der Waals surface area contributed by atoms with Gasteiger partial charge in [-0.2, -0.15) is 9.36 Å². The molecule has 0 aliphatic heterocycles. The number of rotatable bonds is 4. The van der Waals surface area contributed by atoms with Crippen molar-refractivity contribution in [3.63, 3.8) is 0 Å². The smallest absolute Gasteiger partial charge is 0.320 e. The summed E-state index contributed by atoms with van der Waals surface area (Å²) in [6.45, 7) is 0. The molecule has 0 saturated carbocycles. The Morgan fingerprint density at radius 1 is 1.53 bits per heavy atom. The highest BCUT2D eigenvalue weighted by Crippen LogP contribution is 2.33. The molecule has 88 valence electrons. The Morgan fingerprint density at radius 3 is 2.94 bits per heavy atom. The summed E-state index contributed by atoms with van der Waals surface area (Å²) in [5.41, 5.74) is -0.149. The van der Waals surface area contributed by atoms with Gasteiger partial charge in [0.05, 0.1) is 4.92 Å². The lowest BCUT2D eigenvalue weighted by Crippen LogP contribution is -2.00. The maximum Gasteiger partial charge on any atom is 0.320 e. The van der Waals surface area contributed by atoms with E-state index in [1.165, 1.54) is 12.5 Å². The van der Waals surface area contributed by atoms with E-state index in [9.17, 15) is 10.1 Å². The molecule has 0 aliphatic rings. The summed E-state index contributed by atoms with van der Waals surface area (Å²) in [4.78, 5) is 22.0. The first-order valence-corrected chi connectivity index (χ1v) is 5.93. The zero-order valence-electron chi connectivity index (χ0n) is 8.52. The summed E-state index contributed by atoms with van der Waals surface area (Å²) >= 11 is 2.24. The van der Waals surface area contributed by atoms with E-state index in [0.717, 1.165) is 23.3 Å². The van der Waals surface area contributed by atoms with Crippen LogP contribution in [0.3, 0.4) is 0 Å². The molecule has 0 aliphatic carbocycles. The molecular weight excluding hydrogens is 264 g/mol. The van der Waals surface area contributed by atoms with Crippen molar-refractivity contribution in [3.8, 4) is 0 Å². The molecule has 0 unspecified atom stereocenters. The molecule has 8 nitrogen and oxygen atoms in total. The Kier molecular flexibility index (Phi) is 3.44. The van der Waals surface area contributed by atoms with E-state index in [-0.39, 0.29) is 10.7 Å². The lowest BCUT2D eigenvalue weighted by atomic mass is 10.5. The summed E-state index contributed by atoms with van der Waals surface area (Å²) in [5, 5.41) is 13.8. The molecule has 0 aromatic carbocycles. The van der Waals surface area contributed by atoms with Gasteiger partial charge in [-0.1, -0.05) is 0 Å². The summed E-state index contributed by atoms with van der Waals surface area (Å²) in [6, 6.07) is 0. The van der Waals surface area contributed by atoms with Crippen LogP contribution in [0.25, 0.3) is 0 Å². The van der Waals surface area contributed by atoms with Crippen LogP contribution in [0.5, 0.6) is 0 Å². The largest absolute Gasteiger partial charge is 0.357 e. The van der Waals surface area contributed by atoms with Crippen molar-refractivity contribution < 1.29 is 4.92 Å². The van der Waals surface area contributed by atoms with Gasteiger partial charge < -0.3 is 5.32 Å². The van der Waals surface area contributed by atoms with E-state index in [0.29, 0.717) is 10.3 Å². The van der Waals surface area contributed by atoms with E-state index in [4.69, 9.17) is 0 Å². The minimum absolute atomic E-state index is 0.149. The van der Waals surface area contributed by atoms with E-state index in [2.05, 4.69) is 24.6 Å². The van der Waals surface area contributed by atoms with Gasteiger partial charge in [0.1, 0.15) is 12.5 Å². The Morgan fingerprint density at radius 2 is 2.35 bits per heavy atom. The molecule has 0 amide bonds. The zero-order valence-corrected chi connectivity index (χ0v) is 10.2. The first-order chi connectivity index (χ1) is 8.20. The van der Waals surface area contributed by atoms with Crippen molar-refractivity contribution >= 4 is 34.9 Å². The summed E-state index contributed by atoms with van der Waals surface area (Å²) < 4.78 is 4.41. The topological polar surface area (TPSA) is 107 Å². The third kappa shape index (κ3) is 2.65. The van der Waals surface area contributed by atoms with Gasteiger partial charge in [0.2, 0.25) is 5.95 Å². The van der Waals surface area contributed by atoms with Crippen LogP contribution in [0, 0.1) is 10.1 Å². The van der Waals surface area contributed by atoms with Gasteiger partial charge in [0.25, 0.3) is 0 Å². The van der Waals surface area contributed by atoms with Crippen molar-refractivity contribution in [1.29, 1.82) is 0 Å². The summed E-state index contributed by atoms with van der Waals surface area (Å²) in [5.74, 6) is 0.322. The van der Waals surface area contributed by atoms with Crippen LogP contribution in [0.2, 0.25) is 0 Å². The van der Waals surface area contributed by atoms with Crippen molar-refractivity contribution in [1.82, 2.24) is 19.3 Å². The third-order valence-corrected chi connectivity index (χ3v) is 3.39. The second-order valence-electron chi connectivity index (χ2n) is 2.70. The van der Waals surface area contributed by atoms with Gasteiger partial charge in [-0.05, 0) is 23.3 Å². The monoisotopic (exact) mass is 270 g/mol. The lowest BCUT2D eigenvalue weighted by Gasteiger charge is -2.01. The molecule has 0 fully saturated rings. The second kappa shape index (κ2) is 5.01. The van der Waals surface area contributed by atoms with Gasteiger partial charge in [-0.3, -0.25) is 10.1 Å². The Hall–Kier alpha value is -1.81. The average Bonchev–Trinajstić information content (AvgIpc) is 2.81. The molecule has 10 heteroatoms. The minimum Gasteiger partial charge on any atom is -0.357 e. The number of anilines is 1. The number of hydrogen-bond acceptors (Lipinski definition) is 9. The fraction of sp³-hybridized carbons (Fsp3) is 0.143. The number of aromatic nitrogens is 4. The van der Waals surface area contributed by atoms with Crippen LogP contribution >= 0.6 is 23.3 Å². The van der Waals surface area contributed by atoms with E-state index in [1.54, 1.807) is 7.05 Å². The number of nitrogens with one attached hydrogen (secondary N) is 1. The van der Waals surface area contributed by atoms with Crippen molar-refractivity contribution in [2.24, 2.45) is 0 Å². The summed E-state index contributed by atoms with van der Waals surface area (Å²) in [7, 11) is 1.64. The Bertz CT molecular complexity index is 531. The van der Waals surface area contributed by atoms with Gasteiger partial charge in [-0.15, -0.1) is 0 Å². The van der Waals surface area contributed by atoms with Crippen LogP contribution in [-0.4, -0.2) is 31.3 Å². The molecule has 2 rings (SSSR count). The number of hydrogen-bond donors (Lipinski definition) is 1. The predicted octanol–water partition coefficient (Wildman–Crippen LogP) is 1.43. The fourth-order valence-electron chi connectivity index (χ4n) is 0.971. The molecule has 0 bridgehead atoms. The highest BCUT2D eigenvalue weighted by atomic mass is 32.2. The molecule has 17 heavy (non-hydrogen) atoms. The van der Waals surface area contributed by atoms with E-state index >= 15 is 0 Å². The maximum absolute atomic E-state index is 10.8. The molecule has 1 N–H and O–H groups in total. The molecular formula is C7H6N6O2S2. The molecule has 2 aromatic rings. The third-order valence-electron chi connectivity index (χ3n) is 1.68. The van der Waals surface area contributed by atoms with Crippen LogP contribution < -0.4 is 5.32 Å². The molecule has 0 spiro atoms. The molecule has 0 saturated heterocycles. The molecule has 2 heterocycles. The average molecular weight is 270 g/mol. The van der Waals surface area contributed by atoms with E-state index in [1.807, 2.05) is 0 Å². The van der Waals surface area contributed by atoms with Gasteiger partial charge in [0, 0.05) is 7.05 Å². The standard InChI is InChI=1S/C7H6N6O2S2/c1-8-6-9-2-4(13(14)15)5(12-6)16-7-10-3-11-17-7/h2-3H,1H3,(H,8,9,12). The SMILES string of the molecule is CNc1ncc([N+](=O)[O-])c(Sc2ncns2)n1. The zero-order chi connectivity index (χ0) is 12.3. The minimum atomic E-state index is -0.525. The first-order valence-electron chi connectivity index (χ1n) is 4.34. The van der Waals surface area contributed by atoms with Gasteiger partial charge >= 0.3 is 5.69 Å². The van der Waals surface area contributed by atoms with E-state index < -0.39 is 4.92 Å². The molecule has 2 aromatic heterocycles. The lowest BCUT2D eigenvalue weighted by molar-refractivity contribution is -0.388. The highest BCUT2D eigenvalue weighted by Gasteiger charge is 2.19. The fourth-order valence-corrected chi connectivity index (χ4v) is 2.39. The summed E-state index contributed by atoms with van der Waals surface area (Å²) in [6.07, 6.45) is 2.56. The first kappa shape index (κ1) is 11.7. The van der Waals surface area contributed by atoms with Crippen molar-refractivity contribution in [2.45, 2.75) is 9.37 Å². The van der Waals surface area contributed by atoms with Crippen LogP contribution in [0.1, 0.15) is 0 Å². The quantitative estimate of drug-likeness (QED) is 0.505. The normalized spacial score (nSPS) is 10.2. The maximum atomic E-state index is 10.8. The van der Waals surface area contributed by atoms with Gasteiger partial charge in [-0.25, -0.2) is 9.97 Å². The Balaban J connectivity index is 2.38. The molecule has 0 atom stereocenters. The van der Waals surface area contributed by atoms with Crippen LogP contribution in [-0.2, 0) is 0 Å². The number of nitro groups is 1. The number of nitrogens with zero attached hydrogens (tertiary/aromatic N) is 5. The van der Waals surface area contributed by atoms with Crippen LogP contribution in [0.15, 0.2) is 21.9 Å². The van der Waals surface area contributed by atoms with Gasteiger partial charge in [0.15, 0.2) is 9.37 Å². The van der Waals surface area contributed by atoms with Crippen LogP contribution in [0.4, 0.5) is 11.6 Å². The van der Waals surface area contributed by atoms with Crippen molar-refractivity contribution in [2.75, 3.05) is 12.4 Å². The second-order valence-corrected chi connectivity index (χ2v) is 4.72. The highest BCUT2D eigenvalue weighted by molar-refractivity contribution is 8.01. The predicted molar refractivity (Wildman–Crippen MR) is 62.3 cm³/mol. The van der Waals surface area contributed by atoms with Crippen molar-refractivity contribution in [3.05, 3.63) is 22.6 Å².